The molecule has 21 heavy (non-hydrogen) atoms. The lowest BCUT2D eigenvalue weighted by Gasteiger charge is -2.26. The van der Waals surface area contributed by atoms with Gasteiger partial charge in [0.15, 0.2) is 0 Å². The van der Waals surface area contributed by atoms with Gasteiger partial charge in [-0.2, -0.15) is 0 Å². The highest BCUT2D eigenvalue weighted by Gasteiger charge is 2.20. The molecule has 116 valence electrons. The fraction of sp³-hybridized carbons (Fsp3) is 0.500. The van der Waals surface area contributed by atoms with E-state index in [9.17, 15) is 4.79 Å². The monoisotopic (exact) mass is 307 g/mol. The third-order valence-corrected chi connectivity index (χ3v) is 4.01. The highest BCUT2D eigenvalue weighted by Crippen LogP contribution is 2.16. The van der Waals surface area contributed by atoms with E-state index < -0.39 is 0 Å². The van der Waals surface area contributed by atoms with Gasteiger partial charge >= 0.3 is 0 Å². The van der Waals surface area contributed by atoms with E-state index in [0.717, 1.165) is 13.0 Å². The molecule has 1 rings (SSSR count). The summed E-state index contributed by atoms with van der Waals surface area (Å²) in [5.74, 6) is 0.513. The second-order valence-electron chi connectivity index (χ2n) is 5.53. The topological polar surface area (TPSA) is 58.4 Å². The Bertz CT molecular complexity index is 504. The van der Waals surface area contributed by atoms with E-state index in [-0.39, 0.29) is 16.9 Å². The highest BCUT2D eigenvalue weighted by atomic mass is 32.1. The van der Waals surface area contributed by atoms with Crippen molar-refractivity contribution in [2.45, 2.75) is 33.2 Å². The molecule has 0 aliphatic heterocycles. The summed E-state index contributed by atoms with van der Waals surface area (Å²) < 4.78 is 0. The zero-order valence-corrected chi connectivity index (χ0v) is 14.0. The van der Waals surface area contributed by atoms with Gasteiger partial charge in [0.05, 0.1) is 11.7 Å². The number of hydrogen-bond donors (Lipinski definition) is 2. The number of benzene rings is 1. The first-order chi connectivity index (χ1) is 9.86. The lowest BCUT2D eigenvalue weighted by Crippen LogP contribution is -2.41. The van der Waals surface area contributed by atoms with E-state index in [1.807, 2.05) is 38.2 Å². The van der Waals surface area contributed by atoms with Crippen LogP contribution < -0.4 is 11.1 Å². The Morgan fingerprint density at radius 1 is 1.38 bits per heavy atom. The average Bonchev–Trinajstić information content (AvgIpc) is 2.46. The summed E-state index contributed by atoms with van der Waals surface area (Å²) in [6.07, 6.45) is 1.10. The quantitative estimate of drug-likeness (QED) is 0.760. The number of amides is 1. The largest absolute Gasteiger partial charge is 0.389 e. The van der Waals surface area contributed by atoms with Crippen molar-refractivity contribution in [2.75, 3.05) is 18.9 Å². The van der Waals surface area contributed by atoms with Gasteiger partial charge in [0.25, 0.3) is 0 Å². The van der Waals surface area contributed by atoms with Gasteiger partial charge in [-0.15, -0.1) is 0 Å². The molecule has 3 N–H and O–H groups in total. The van der Waals surface area contributed by atoms with Crippen molar-refractivity contribution < 1.29 is 4.79 Å². The van der Waals surface area contributed by atoms with Crippen LogP contribution >= 0.6 is 12.2 Å². The molecule has 0 fully saturated rings. The van der Waals surface area contributed by atoms with Crippen molar-refractivity contribution in [3.05, 3.63) is 29.8 Å². The Morgan fingerprint density at radius 2 is 2.00 bits per heavy atom. The number of anilines is 1. The average molecular weight is 307 g/mol. The number of nitrogens with two attached hydrogens (primary N) is 1. The second kappa shape index (κ2) is 8.10. The Kier molecular flexibility index (Phi) is 6.78. The zero-order chi connectivity index (χ0) is 16.0. The number of rotatable bonds is 7. The molecule has 2 atom stereocenters. The van der Waals surface area contributed by atoms with E-state index in [2.05, 4.69) is 24.1 Å². The van der Waals surface area contributed by atoms with Gasteiger partial charge < -0.3 is 11.1 Å². The molecule has 0 saturated heterocycles. The summed E-state index contributed by atoms with van der Waals surface area (Å²) in [7, 11) is 1.97. The number of nitrogens with one attached hydrogen (secondary N) is 1. The van der Waals surface area contributed by atoms with Crippen LogP contribution in [0.5, 0.6) is 0 Å². The van der Waals surface area contributed by atoms with Gasteiger partial charge in [0.1, 0.15) is 4.99 Å². The Hall–Kier alpha value is -1.46. The van der Waals surface area contributed by atoms with Gasteiger partial charge in [0.2, 0.25) is 5.91 Å². The normalized spacial score (nSPS) is 13.8. The second-order valence-corrected chi connectivity index (χ2v) is 5.97. The van der Waals surface area contributed by atoms with Crippen molar-refractivity contribution in [3.8, 4) is 0 Å². The minimum atomic E-state index is -0.210. The van der Waals surface area contributed by atoms with Crippen LogP contribution in [0.3, 0.4) is 0 Å². The van der Waals surface area contributed by atoms with Gasteiger partial charge in [-0.1, -0.05) is 44.6 Å². The number of carbonyl (C=O) groups is 1. The maximum absolute atomic E-state index is 12.4. The smallest absolute Gasteiger partial charge is 0.241 e. The van der Waals surface area contributed by atoms with Crippen molar-refractivity contribution in [2.24, 2.45) is 11.7 Å². The summed E-state index contributed by atoms with van der Waals surface area (Å²) in [6.45, 7) is 7.13. The summed E-state index contributed by atoms with van der Waals surface area (Å²) >= 11 is 5.01. The van der Waals surface area contributed by atoms with Gasteiger partial charge in [-0.25, -0.2) is 0 Å². The number of hydrogen-bond acceptors (Lipinski definition) is 3. The third kappa shape index (κ3) is 5.10. The molecule has 0 spiro atoms. The van der Waals surface area contributed by atoms with Crippen LogP contribution in [0, 0.1) is 5.92 Å². The van der Waals surface area contributed by atoms with Crippen LogP contribution in [0.1, 0.15) is 32.8 Å². The van der Waals surface area contributed by atoms with Crippen molar-refractivity contribution >= 4 is 28.8 Å². The van der Waals surface area contributed by atoms with Crippen molar-refractivity contribution in [1.29, 1.82) is 0 Å². The van der Waals surface area contributed by atoms with Crippen LogP contribution in [0.4, 0.5) is 5.69 Å². The van der Waals surface area contributed by atoms with E-state index in [1.54, 1.807) is 0 Å². The minimum absolute atomic E-state index is 0.0514. The van der Waals surface area contributed by atoms with E-state index in [1.165, 1.54) is 0 Å². The SMILES string of the molecule is CCC(C)CN(C)C(C)C(=O)Nc1ccccc1C(N)=S. The van der Waals surface area contributed by atoms with Crippen LogP contribution in [-0.2, 0) is 4.79 Å². The minimum Gasteiger partial charge on any atom is -0.389 e. The molecule has 0 bridgehead atoms. The maximum Gasteiger partial charge on any atom is 0.241 e. The van der Waals surface area contributed by atoms with Gasteiger partial charge in [-0.3, -0.25) is 9.69 Å². The predicted molar refractivity (Wildman–Crippen MR) is 92.5 cm³/mol. The first kappa shape index (κ1) is 17.6. The molecule has 1 aromatic carbocycles. The Labute approximate surface area is 132 Å². The Balaban J connectivity index is 2.75. The van der Waals surface area contributed by atoms with Gasteiger partial charge in [0, 0.05) is 12.1 Å². The first-order valence-electron chi connectivity index (χ1n) is 7.26. The van der Waals surface area contributed by atoms with Crippen LogP contribution in [-0.4, -0.2) is 35.4 Å². The molecule has 0 radical (unpaired) electrons. The zero-order valence-electron chi connectivity index (χ0n) is 13.2. The molecule has 0 aliphatic carbocycles. The summed E-state index contributed by atoms with van der Waals surface area (Å²) in [6, 6.07) is 7.12. The number of para-hydroxylation sites is 1. The maximum atomic E-state index is 12.4. The molecule has 0 saturated carbocycles. The van der Waals surface area contributed by atoms with Gasteiger partial charge in [-0.05, 0) is 32.0 Å². The standard InChI is InChI=1S/C16H25N3OS/c1-5-11(2)10-19(4)12(3)16(20)18-14-9-7-6-8-13(14)15(17)21/h6-9,11-12H,5,10H2,1-4H3,(H2,17,21)(H,18,20). The number of thiocarbonyl (C=S) groups is 1. The fourth-order valence-corrected chi connectivity index (χ4v) is 2.20. The molecular formula is C16H25N3OS. The summed E-state index contributed by atoms with van der Waals surface area (Å²) in [5.41, 5.74) is 7.04. The molecule has 2 unspecified atom stereocenters. The molecule has 0 aromatic heterocycles. The molecule has 1 amide bonds. The first-order valence-corrected chi connectivity index (χ1v) is 7.67. The molecule has 5 heteroatoms. The molecule has 0 heterocycles. The van der Waals surface area contributed by atoms with Crippen molar-refractivity contribution in [3.63, 3.8) is 0 Å². The predicted octanol–water partition coefficient (Wildman–Crippen LogP) is 2.63. The Morgan fingerprint density at radius 3 is 2.57 bits per heavy atom. The summed E-state index contributed by atoms with van der Waals surface area (Å²) in [5, 5.41) is 2.92. The van der Waals surface area contributed by atoms with Crippen LogP contribution in [0.2, 0.25) is 0 Å². The molecular weight excluding hydrogens is 282 g/mol. The van der Waals surface area contributed by atoms with E-state index >= 15 is 0 Å². The van der Waals surface area contributed by atoms with E-state index in [0.29, 0.717) is 17.2 Å². The highest BCUT2D eigenvalue weighted by molar-refractivity contribution is 7.80. The lowest BCUT2D eigenvalue weighted by atomic mass is 10.1. The summed E-state index contributed by atoms with van der Waals surface area (Å²) in [4.78, 5) is 14.7. The third-order valence-electron chi connectivity index (χ3n) is 3.79. The number of likely N-dealkylation sites (N-methyl/N-ethyl adjacent to an activating group) is 1. The van der Waals surface area contributed by atoms with Crippen LogP contribution in [0.25, 0.3) is 0 Å². The van der Waals surface area contributed by atoms with Crippen molar-refractivity contribution in [1.82, 2.24) is 4.90 Å². The van der Waals surface area contributed by atoms with E-state index in [4.69, 9.17) is 18.0 Å². The lowest BCUT2D eigenvalue weighted by molar-refractivity contribution is -0.120. The fourth-order valence-electron chi connectivity index (χ4n) is 2.02. The molecule has 1 aromatic rings. The number of carbonyl (C=O) groups excluding carboxylic acids is 1. The molecule has 4 nitrogen and oxygen atoms in total. The van der Waals surface area contributed by atoms with Crippen LogP contribution in [0.15, 0.2) is 24.3 Å². The molecule has 0 aliphatic rings. The number of nitrogens with zero attached hydrogens (tertiary/aromatic N) is 1.